The van der Waals surface area contributed by atoms with Crippen molar-refractivity contribution in [2.24, 2.45) is 0 Å². The summed E-state index contributed by atoms with van der Waals surface area (Å²) in [6.45, 7) is 0. The highest BCUT2D eigenvalue weighted by Crippen LogP contribution is 2.24. The van der Waals surface area contributed by atoms with Gasteiger partial charge in [-0.05, 0) is 35.4 Å². The van der Waals surface area contributed by atoms with E-state index >= 15 is 0 Å². The van der Waals surface area contributed by atoms with Crippen LogP contribution in [0.5, 0.6) is 0 Å². The van der Waals surface area contributed by atoms with Crippen LogP contribution in [0.1, 0.15) is 27.5 Å². The van der Waals surface area contributed by atoms with Gasteiger partial charge in [-0.15, -0.1) is 0 Å². The van der Waals surface area contributed by atoms with Crippen LogP contribution >= 0.6 is 0 Å². The number of nitrogens with zero attached hydrogens (tertiary/aromatic N) is 1. The van der Waals surface area contributed by atoms with Crippen LogP contribution < -0.4 is 5.32 Å². The van der Waals surface area contributed by atoms with Crippen LogP contribution in [-0.4, -0.2) is 10.8 Å². The van der Waals surface area contributed by atoms with Crippen molar-refractivity contribution in [1.82, 2.24) is 5.32 Å². The van der Waals surface area contributed by atoms with Gasteiger partial charge in [-0.1, -0.05) is 48.5 Å². The van der Waals surface area contributed by atoms with Crippen LogP contribution in [0.25, 0.3) is 0 Å². The maximum atomic E-state index is 12.6. The topological polar surface area (TPSA) is 72.2 Å². The number of benzene rings is 3. The zero-order valence-electron chi connectivity index (χ0n) is 13.3. The number of hydrogen-bond donors (Lipinski definition) is 1. The van der Waals surface area contributed by atoms with Crippen LogP contribution in [0.15, 0.2) is 84.9 Å². The molecule has 124 valence electrons. The first-order valence-corrected chi connectivity index (χ1v) is 7.80. The van der Waals surface area contributed by atoms with E-state index in [4.69, 9.17) is 0 Å². The number of nitro groups is 1. The molecule has 0 heterocycles. The number of hydrogen-bond acceptors (Lipinski definition) is 3. The van der Waals surface area contributed by atoms with E-state index in [1.807, 2.05) is 36.4 Å². The molecule has 0 aliphatic carbocycles. The summed E-state index contributed by atoms with van der Waals surface area (Å²) in [4.78, 5) is 23.0. The minimum Gasteiger partial charge on any atom is -0.341 e. The molecule has 3 aromatic carbocycles. The summed E-state index contributed by atoms with van der Waals surface area (Å²) in [6, 6.07) is 24.3. The number of carbonyl (C=O) groups excluding carboxylic acids is 1. The Kier molecular flexibility index (Phi) is 4.85. The number of carbonyl (C=O) groups is 1. The van der Waals surface area contributed by atoms with E-state index in [1.165, 1.54) is 12.1 Å². The highest BCUT2D eigenvalue weighted by atomic mass is 16.6. The number of non-ortho nitro benzene ring substituents is 1. The van der Waals surface area contributed by atoms with Crippen molar-refractivity contribution in [1.29, 1.82) is 0 Å². The Hall–Kier alpha value is -3.47. The monoisotopic (exact) mass is 332 g/mol. The lowest BCUT2D eigenvalue weighted by Crippen LogP contribution is -2.29. The predicted octanol–water partition coefficient (Wildman–Crippen LogP) is 4.11. The van der Waals surface area contributed by atoms with Gasteiger partial charge in [0.1, 0.15) is 0 Å². The quantitative estimate of drug-likeness (QED) is 0.564. The number of nitrogens with one attached hydrogen (secondary N) is 1. The Morgan fingerprint density at radius 1 is 0.800 bits per heavy atom. The average molecular weight is 332 g/mol. The molecule has 1 atom stereocenters. The van der Waals surface area contributed by atoms with Crippen molar-refractivity contribution in [3.05, 3.63) is 112 Å². The van der Waals surface area contributed by atoms with Crippen molar-refractivity contribution >= 4 is 11.6 Å². The van der Waals surface area contributed by atoms with Gasteiger partial charge in [0.05, 0.1) is 11.0 Å². The maximum absolute atomic E-state index is 12.6. The van der Waals surface area contributed by atoms with Gasteiger partial charge in [0.2, 0.25) is 0 Å². The fraction of sp³-hybridized carbons (Fsp3) is 0.0500. The van der Waals surface area contributed by atoms with Crippen LogP contribution in [0, 0.1) is 10.1 Å². The van der Waals surface area contributed by atoms with Crippen molar-refractivity contribution in [3.63, 3.8) is 0 Å². The minimum atomic E-state index is -0.441. The SMILES string of the molecule is O=C(NC(c1ccccc1)c1ccc([N+](=O)[O-])cc1)c1ccccc1. The second-order valence-corrected chi connectivity index (χ2v) is 5.53. The second kappa shape index (κ2) is 7.40. The molecule has 0 bridgehead atoms. The number of rotatable bonds is 5. The largest absolute Gasteiger partial charge is 0.341 e. The lowest BCUT2D eigenvalue weighted by molar-refractivity contribution is -0.384. The highest BCUT2D eigenvalue weighted by Gasteiger charge is 2.18. The maximum Gasteiger partial charge on any atom is 0.269 e. The summed E-state index contributed by atoms with van der Waals surface area (Å²) in [6.07, 6.45) is 0. The molecule has 0 aliphatic rings. The van der Waals surface area contributed by atoms with Gasteiger partial charge in [0, 0.05) is 17.7 Å². The third-order valence-electron chi connectivity index (χ3n) is 3.88. The molecule has 3 rings (SSSR count). The third-order valence-corrected chi connectivity index (χ3v) is 3.88. The minimum absolute atomic E-state index is 0.0185. The molecule has 0 aromatic heterocycles. The van der Waals surface area contributed by atoms with E-state index in [9.17, 15) is 14.9 Å². The van der Waals surface area contributed by atoms with Crippen LogP contribution in [0.2, 0.25) is 0 Å². The Labute approximate surface area is 145 Å². The molecular weight excluding hydrogens is 316 g/mol. The van der Waals surface area contributed by atoms with Gasteiger partial charge >= 0.3 is 0 Å². The van der Waals surface area contributed by atoms with E-state index in [0.717, 1.165) is 11.1 Å². The molecule has 3 aromatic rings. The van der Waals surface area contributed by atoms with Crippen molar-refractivity contribution < 1.29 is 9.72 Å². The first-order chi connectivity index (χ1) is 12.1. The molecular formula is C20H16N2O3. The Morgan fingerprint density at radius 2 is 1.32 bits per heavy atom. The van der Waals surface area contributed by atoms with Crippen molar-refractivity contribution in [2.45, 2.75) is 6.04 Å². The highest BCUT2D eigenvalue weighted by molar-refractivity contribution is 5.94. The Balaban J connectivity index is 1.93. The molecule has 0 fully saturated rings. The fourth-order valence-corrected chi connectivity index (χ4v) is 2.60. The first-order valence-electron chi connectivity index (χ1n) is 7.80. The standard InChI is InChI=1S/C20H16N2O3/c23-20(17-9-5-2-6-10-17)21-19(15-7-3-1-4-8-15)16-11-13-18(14-12-16)22(24)25/h1-14,19H,(H,21,23). The number of nitro benzene ring substituents is 1. The molecule has 5 heteroatoms. The number of amides is 1. The van der Waals surface area contributed by atoms with Gasteiger partial charge in [-0.3, -0.25) is 14.9 Å². The van der Waals surface area contributed by atoms with Crippen LogP contribution in [0.3, 0.4) is 0 Å². The van der Waals surface area contributed by atoms with Gasteiger partial charge in [-0.2, -0.15) is 0 Å². The molecule has 0 saturated heterocycles. The van der Waals surface area contributed by atoms with E-state index in [1.54, 1.807) is 36.4 Å². The van der Waals surface area contributed by atoms with Crippen LogP contribution in [0.4, 0.5) is 5.69 Å². The van der Waals surface area contributed by atoms with Gasteiger partial charge in [0.15, 0.2) is 0 Å². The van der Waals surface area contributed by atoms with Crippen molar-refractivity contribution in [3.8, 4) is 0 Å². The average Bonchev–Trinajstić information content (AvgIpc) is 2.67. The molecule has 0 radical (unpaired) electrons. The summed E-state index contributed by atoms with van der Waals surface area (Å²) in [7, 11) is 0. The van der Waals surface area contributed by atoms with E-state index in [2.05, 4.69) is 5.32 Å². The second-order valence-electron chi connectivity index (χ2n) is 5.53. The Morgan fingerprint density at radius 3 is 1.88 bits per heavy atom. The molecule has 5 nitrogen and oxygen atoms in total. The lowest BCUT2D eigenvalue weighted by atomic mass is 9.98. The Bertz CT molecular complexity index is 862. The molecule has 1 N–H and O–H groups in total. The van der Waals surface area contributed by atoms with E-state index < -0.39 is 11.0 Å². The molecule has 0 saturated carbocycles. The molecule has 25 heavy (non-hydrogen) atoms. The summed E-state index contributed by atoms with van der Waals surface area (Å²) in [5.74, 6) is -0.201. The van der Waals surface area contributed by atoms with Crippen LogP contribution in [-0.2, 0) is 0 Å². The summed E-state index contributed by atoms with van der Waals surface area (Å²) in [5.41, 5.74) is 2.26. The smallest absolute Gasteiger partial charge is 0.269 e. The van der Waals surface area contributed by atoms with E-state index in [0.29, 0.717) is 5.56 Å². The van der Waals surface area contributed by atoms with Crippen molar-refractivity contribution in [2.75, 3.05) is 0 Å². The van der Waals surface area contributed by atoms with E-state index in [-0.39, 0.29) is 11.6 Å². The molecule has 0 aliphatic heterocycles. The zero-order valence-corrected chi connectivity index (χ0v) is 13.3. The summed E-state index contributed by atoms with van der Waals surface area (Å²) < 4.78 is 0. The fourth-order valence-electron chi connectivity index (χ4n) is 2.60. The summed E-state index contributed by atoms with van der Waals surface area (Å²) in [5, 5.41) is 13.9. The molecule has 1 unspecified atom stereocenters. The molecule has 0 spiro atoms. The summed E-state index contributed by atoms with van der Waals surface area (Å²) >= 11 is 0. The normalized spacial score (nSPS) is 11.5. The first kappa shape index (κ1) is 16.4. The van der Waals surface area contributed by atoms with Gasteiger partial charge < -0.3 is 5.32 Å². The zero-order chi connectivity index (χ0) is 17.6. The van der Waals surface area contributed by atoms with Gasteiger partial charge in [0.25, 0.3) is 11.6 Å². The lowest BCUT2D eigenvalue weighted by Gasteiger charge is -2.20. The third kappa shape index (κ3) is 3.90. The predicted molar refractivity (Wildman–Crippen MR) is 95.3 cm³/mol. The van der Waals surface area contributed by atoms with Gasteiger partial charge in [-0.25, -0.2) is 0 Å². The molecule has 1 amide bonds.